The molecular weight excluding hydrogens is 368 g/mol. The summed E-state index contributed by atoms with van der Waals surface area (Å²) in [4.78, 5) is 15.9. The second kappa shape index (κ2) is 5.85. The van der Waals surface area contributed by atoms with Crippen molar-refractivity contribution >= 4 is 26.9 Å². The quantitative estimate of drug-likeness (QED) is 0.877. The minimum Gasteiger partial charge on any atom is -0.465 e. The molecule has 1 aromatic carbocycles. The average Bonchev–Trinajstić information content (AvgIpc) is 2.90. The van der Waals surface area contributed by atoms with Crippen LogP contribution in [0.2, 0.25) is 0 Å². The molecule has 26 heavy (non-hydrogen) atoms. The van der Waals surface area contributed by atoms with Crippen LogP contribution in [0.4, 0.5) is 13.6 Å². The molecular formula is C16H15F2N3O4S. The Balaban J connectivity index is 1.77. The van der Waals surface area contributed by atoms with Crippen molar-refractivity contribution in [3.8, 4) is 0 Å². The van der Waals surface area contributed by atoms with E-state index in [-0.39, 0.29) is 41.9 Å². The number of carbonyl (C=O) groups is 1. The van der Waals surface area contributed by atoms with Crippen molar-refractivity contribution in [1.29, 1.82) is 0 Å². The number of hydrogen-bond acceptors (Lipinski definition) is 4. The van der Waals surface area contributed by atoms with E-state index < -0.39 is 28.1 Å². The summed E-state index contributed by atoms with van der Waals surface area (Å²) in [6.07, 6.45) is -1.62. The average molecular weight is 383 g/mol. The van der Waals surface area contributed by atoms with E-state index in [1.165, 1.54) is 33.6 Å². The third-order valence-corrected chi connectivity index (χ3v) is 6.95. The molecule has 1 amide bonds. The predicted octanol–water partition coefficient (Wildman–Crippen LogP) is 2.16. The van der Waals surface area contributed by atoms with Crippen LogP contribution in [0.5, 0.6) is 0 Å². The van der Waals surface area contributed by atoms with Gasteiger partial charge < -0.3 is 10.0 Å². The van der Waals surface area contributed by atoms with E-state index in [2.05, 4.69) is 4.98 Å². The highest BCUT2D eigenvalue weighted by Gasteiger charge is 2.51. The lowest BCUT2D eigenvalue weighted by molar-refractivity contribution is 0.0506. The second-order valence-electron chi connectivity index (χ2n) is 6.47. The molecule has 4 rings (SSSR count). The van der Waals surface area contributed by atoms with Gasteiger partial charge >= 0.3 is 6.09 Å². The van der Waals surface area contributed by atoms with E-state index in [9.17, 15) is 22.0 Å². The second-order valence-corrected chi connectivity index (χ2v) is 8.37. The Bertz CT molecular complexity index is 993. The van der Waals surface area contributed by atoms with Crippen molar-refractivity contribution in [2.45, 2.75) is 17.4 Å². The lowest BCUT2D eigenvalue weighted by Gasteiger charge is -2.41. The third-order valence-electron chi connectivity index (χ3n) is 5.08. The van der Waals surface area contributed by atoms with Gasteiger partial charge in [-0.15, -0.1) is 0 Å². The molecule has 2 saturated heterocycles. The standard InChI is InChI=1S/C16H15F2N3O4S/c17-15(18)11-5-19-4-9-2-1-3-13(14(9)11)26(24,25)20-6-10-7-21(16(22)23)12(10)8-20/h1-5,10,12,15H,6-8H2,(H,22,23). The van der Waals surface area contributed by atoms with E-state index in [1.807, 2.05) is 0 Å². The van der Waals surface area contributed by atoms with E-state index >= 15 is 0 Å². The van der Waals surface area contributed by atoms with Gasteiger partial charge in [-0.3, -0.25) is 4.98 Å². The van der Waals surface area contributed by atoms with Gasteiger partial charge in [0.15, 0.2) is 0 Å². The summed E-state index contributed by atoms with van der Waals surface area (Å²) in [5.41, 5.74) is -0.434. The number of nitrogens with zero attached hydrogens (tertiary/aromatic N) is 3. The predicted molar refractivity (Wildman–Crippen MR) is 87.5 cm³/mol. The van der Waals surface area contributed by atoms with Crippen LogP contribution in [-0.2, 0) is 10.0 Å². The molecule has 3 heterocycles. The molecule has 2 atom stereocenters. The van der Waals surface area contributed by atoms with Crippen LogP contribution in [0.3, 0.4) is 0 Å². The fraction of sp³-hybridized carbons (Fsp3) is 0.375. The van der Waals surface area contributed by atoms with Crippen molar-refractivity contribution in [3.63, 3.8) is 0 Å². The Hall–Kier alpha value is -2.33. The number of sulfonamides is 1. The zero-order valence-electron chi connectivity index (χ0n) is 13.4. The van der Waals surface area contributed by atoms with E-state index in [0.717, 1.165) is 6.20 Å². The number of rotatable bonds is 3. The molecule has 1 aromatic heterocycles. The zero-order chi connectivity index (χ0) is 18.6. The van der Waals surface area contributed by atoms with Gasteiger partial charge in [0.1, 0.15) is 0 Å². The minimum absolute atomic E-state index is 0.0325. The Labute approximate surface area is 147 Å². The van der Waals surface area contributed by atoms with Gasteiger partial charge in [-0.2, -0.15) is 4.31 Å². The largest absolute Gasteiger partial charge is 0.465 e. The lowest BCUT2D eigenvalue weighted by atomic mass is 9.93. The van der Waals surface area contributed by atoms with Gasteiger partial charge in [0.2, 0.25) is 10.0 Å². The highest BCUT2D eigenvalue weighted by Crippen LogP contribution is 2.38. The van der Waals surface area contributed by atoms with E-state index in [4.69, 9.17) is 5.11 Å². The molecule has 2 aliphatic rings. The van der Waals surface area contributed by atoms with E-state index in [1.54, 1.807) is 0 Å². The van der Waals surface area contributed by atoms with Crippen molar-refractivity contribution < 1.29 is 27.1 Å². The van der Waals surface area contributed by atoms with Crippen molar-refractivity contribution in [2.75, 3.05) is 19.6 Å². The van der Waals surface area contributed by atoms with Gasteiger partial charge in [-0.25, -0.2) is 22.0 Å². The normalized spacial score (nSPS) is 23.3. The summed E-state index contributed by atoms with van der Waals surface area (Å²) in [7, 11) is -4.04. The summed E-state index contributed by atoms with van der Waals surface area (Å²) in [5.74, 6) is -0.0629. The molecule has 0 saturated carbocycles. The van der Waals surface area contributed by atoms with E-state index in [0.29, 0.717) is 5.39 Å². The highest BCUT2D eigenvalue weighted by molar-refractivity contribution is 7.89. The minimum atomic E-state index is -4.04. The zero-order valence-corrected chi connectivity index (χ0v) is 14.2. The number of likely N-dealkylation sites (tertiary alicyclic amines) is 1. The van der Waals surface area contributed by atoms with Gasteiger partial charge in [-0.1, -0.05) is 12.1 Å². The number of aromatic nitrogens is 1. The first-order valence-electron chi connectivity index (χ1n) is 7.95. The molecule has 2 fully saturated rings. The Morgan fingerprint density at radius 3 is 2.69 bits per heavy atom. The molecule has 0 bridgehead atoms. The van der Waals surface area contributed by atoms with Crippen molar-refractivity contribution in [1.82, 2.24) is 14.2 Å². The number of pyridine rings is 1. The van der Waals surface area contributed by atoms with Crippen LogP contribution in [0.1, 0.15) is 12.0 Å². The molecule has 0 radical (unpaired) electrons. The first-order valence-corrected chi connectivity index (χ1v) is 9.39. The van der Waals surface area contributed by atoms with Gasteiger partial charge in [-0.05, 0) is 6.07 Å². The van der Waals surface area contributed by atoms with Crippen LogP contribution in [0.25, 0.3) is 10.8 Å². The fourth-order valence-corrected chi connectivity index (χ4v) is 5.52. The van der Waals surface area contributed by atoms with Crippen LogP contribution in [0.15, 0.2) is 35.5 Å². The lowest BCUT2D eigenvalue weighted by Crippen LogP contribution is -2.57. The first-order chi connectivity index (χ1) is 12.3. The highest BCUT2D eigenvalue weighted by atomic mass is 32.2. The molecule has 0 spiro atoms. The topological polar surface area (TPSA) is 90.8 Å². The number of benzene rings is 1. The molecule has 2 unspecified atom stereocenters. The maximum absolute atomic E-state index is 13.4. The van der Waals surface area contributed by atoms with Crippen LogP contribution in [0, 0.1) is 5.92 Å². The molecule has 0 aliphatic carbocycles. The maximum atomic E-state index is 13.4. The molecule has 138 valence electrons. The fourth-order valence-electron chi connectivity index (χ4n) is 3.76. The molecule has 2 aromatic rings. The number of alkyl halides is 2. The van der Waals surface area contributed by atoms with Crippen molar-refractivity contribution in [3.05, 3.63) is 36.2 Å². The van der Waals surface area contributed by atoms with Crippen LogP contribution in [-0.4, -0.2) is 59.5 Å². The number of fused-ring (bicyclic) bond motifs is 2. The van der Waals surface area contributed by atoms with Gasteiger partial charge in [0.05, 0.1) is 10.9 Å². The molecule has 7 nitrogen and oxygen atoms in total. The SMILES string of the molecule is O=C(O)N1CC2CN(S(=O)(=O)c3cccc4cncc(C(F)F)c34)CC21. The summed E-state index contributed by atoms with van der Waals surface area (Å²) < 4.78 is 54.2. The smallest absolute Gasteiger partial charge is 0.407 e. The summed E-state index contributed by atoms with van der Waals surface area (Å²) >= 11 is 0. The first kappa shape index (κ1) is 17.1. The van der Waals surface area contributed by atoms with Crippen LogP contribution < -0.4 is 0 Å². The number of amides is 1. The third kappa shape index (κ3) is 2.43. The number of halogens is 2. The molecule has 2 aliphatic heterocycles. The monoisotopic (exact) mass is 383 g/mol. The number of carboxylic acid groups (broad SMARTS) is 1. The van der Waals surface area contributed by atoms with Crippen molar-refractivity contribution in [2.24, 2.45) is 5.92 Å². The molecule has 1 N–H and O–H groups in total. The Kier molecular flexibility index (Phi) is 3.85. The molecule has 10 heteroatoms. The maximum Gasteiger partial charge on any atom is 0.407 e. The van der Waals surface area contributed by atoms with Gasteiger partial charge in [0, 0.05) is 54.3 Å². The number of hydrogen-bond donors (Lipinski definition) is 1. The van der Waals surface area contributed by atoms with Gasteiger partial charge in [0.25, 0.3) is 6.43 Å². The van der Waals surface area contributed by atoms with Crippen LogP contribution >= 0.6 is 0 Å². The summed E-state index contributed by atoms with van der Waals surface area (Å²) in [6, 6.07) is 3.94. The Morgan fingerprint density at radius 2 is 2.00 bits per heavy atom. The Morgan fingerprint density at radius 1 is 1.23 bits per heavy atom. The summed E-state index contributed by atoms with van der Waals surface area (Å²) in [6.45, 7) is 0.501. The summed E-state index contributed by atoms with van der Waals surface area (Å²) in [5, 5.41) is 9.38.